The fourth-order valence-corrected chi connectivity index (χ4v) is 6.66. The zero-order chi connectivity index (χ0) is 28.1. The van der Waals surface area contributed by atoms with Crippen molar-refractivity contribution in [3.63, 3.8) is 0 Å². The molecule has 0 radical (unpaired) electrons. The van der Waals surface area contributed by atoms with E-state index >= 15 is 4.39 Å². The zero-order valence-electron chi connectivity index (χ0n) is 23.2. The molecule has 206 valence electrons. The van der Waals surface area contributed by atoms with Gasteiger partial charge in [0.1, 0.15) is 18.2 Å². The molecule has 0 aliphatic heterocycles. The van der Waals surface area contributed by atoms with Crippen molar-refractivity contribution in [2.75, 3.05) is 7.11 Å². The summed E-state index contributed by atoms with van der Waals surface area (Å²) in [5.74, 6) is -1.58. The van der Waals surface area contributed by atoms with E-state index in [4.69, 9.17) is 9.47 Å². The second-order valence-electron chi connectivity index (χ2n) is 12.3. The molecule has 0 amide bonds. The number of aliphatic carboxylic acids is 1. The van der Waals surface area contributed by atoms with Gasteiger partial charge in [0.05, 0.1) is 13.0 Å². The van der Waals surface area contributed by atoms with Crippen LogP contribution >= 0.6 is 0 Å². The summed E-state index contributed by atoms with van der Waals surface area (Å²) in [5.41, 5.74) is 3.79. The van der Waals surface area contributed by atoms with Crippen LogP contribution in [0.15, 0.2) is 48.5 Å². The summed E-state index contributed by atoms with van der Waals surface area (Å²) in [7, 11) is 1.56. The van der Waals surface area contributed by atoms with Crippen LogP contribution in [-0.2, 0) is 29.7 Å². The Kier molecular flexibility index (Phi) is 6.94. The second kappa shape index (κ2) is 9.96. The summed E-state index contributed by atoms with van der Waals surface area (Å²) in [6.45, 7) is 8.43. The fraction of sp³-hybridized carbons (Fsp3) is 0.424. The Morgan fingerprint density at radius 1 is 1.08 bits per heavy atom. The average Bonchev–Trinajstić information content (AvgIpc) is 3.46. The lowest BCUT2D eigenvalue weighted by atomic mass is 9.77. The Balaban J connectivity index is 1.46. The van der Waals surface area contributed by atoms with Gasteiger partial charge in [-0.05, 0) is 83.5 Å². The van der Waals surface area contributed by atoms with Crippen LogP contribution in [0.1, 0.15) is 62.8 Å². The van der Waals surface area contributed by atoms with Gasteiger partial charge in [0.15, 0.2) is 11.6 Å². The minimum absolute atomic E-state index is 0.0515. The van der Waals surface area contributed by atoms with Gasteiger partial charge in [-0.3, -0.25) is 4.79 Å². The summed E-state index contributed by atoms with van der Waals surface area (Å²) in [6, 6.07) is 14.0. The van der Waals surface area contributed by atoms with Gasteiger partial charge in [-0.2, -0.15) is 0 Å². The molecule has 0 bridgehead atoms. The molecule has 6 heteroatoms. The van der Waals surface area contributed by atoms with Gasteiger partial charge in [-0.25, -0.2) is 8.78 Å². The van der Waals surface area contributed by atoms with E-state index in [0.717, 1.165) is 35.1 Å². The number of halogens is 2. The predicted molar refractivity (Wildman–Crippen MR) is 147 cm³/mol. The number of methoxy groups -OCH3 is 1. The van der Waals surface area contributed by atoms with Crippen LogP contribution in [0.2, 0.25) is 0 Å². The van der Waals surface area contributed by atoms with E-state index in [9.17, 15) is 14.3 Å². The highest BCUT2D eigenvalue weighted by molar-refractivity contribution is 5.79. The molecule has 3 aromatic carbocycles. The molecule has 39 heavy (non-hydrogen) atoms. The highest BCUT2D eigenvalue weighted by atomic mass is 19.1. The number of fused-ring (bicyclic) bond motifs is 2. The zero-order valence-corrected chi connectivity index (χ0v) is 23.2. The van der Waals surface area contributed by atoms with Crippen LogP contribution in [0, 0.1) is 28.9 Å². The van der Waals surface area contributed by atoms with Gasteiger partial charge in [-0.1, -0.05) is 52.0 Å². The normalized spacial score (nSPS) is 21.9. The molecule has 2 aliphatic carbocycles. The Labute approximate surface area is 229 Å². The van der Waals surface area contributed by atoms with E-state index in [1.807, 2.05) is 31.2 Å². The molecule has 0 aromatic heterocycles. The van der Waals surface area contributed by atoms with Gasteiger partial charge in [0.2, 0.25) is 0 Å². The minimum Gasteiger partial charge on any atom is -0.497 e. The van der Waals surface area contributed by atoms with E-state index in [-0.39, 0.29) is 29.5 Å². The Hall–Kier alpha value is -3.41. The van der Waals surface area contributed by atoms with Crippen molar-refractivity contribution in [1.29, 1.82) is 0 Å². The molecule has 4 nitrogen and oxygen atoms in total. The van der Waals surface area contributed by atoms with Crippen molar-refractivity contribution < 1.29 is 28.2 Å². The maximum Gasteiger partial charge on any atom is 0.307 e. The van der Waals surface area contributed by atoms with Gasteiger partial charge >= 0.3 is 5.97 Å². The highest BCUT2D eigenvalue weighted by Gasteiger charge is 2.68. The van der Waals surface area contributed by atoms with E-state index < -0.39 is 23.1 Å². The molecule has 1 N–H and O–H groups in total. The van der Waals surface area contributed by atoms with Crippen LogP contribution in [0.4, 0.5) is 8.78 Å². The van der Waals surface area contributed by atoms with Crippen molar-refractivity contribution >= 4 is 5.97 Å². The third-order valence-electron chi connectivity index (χ3n) is 8.47. The van der Waals surface area contributed by atoms with Crippen molar-refractivity contribution in [3.8, 4) is 22.6 Å². The summed E-state index contributed by atoms with van der Waals surface area (Å²) in [4.78, 5) is 11.9. The molecule has 0 saturated heterocycles. The van der Waals surface area contributed by atoms with Crippen LogP contribution in [0.25, 0.3) is 11.1 Å². The van der Waals surface area contributed by atoms with Gasteiger partial charge < -0.3 is 14.6 Å². The summed E-state index contributed by atoms with van der Waals surface area (Å²) in [6.07, 6.45) is 2.98. The monoisotopic (exact) mass is 534 g/mol. The third kappa shape index (κ3) is 4.90. The first-order valence-electron chi connectivity index (χ1n) is 13.6. The summed E-state index contributed by atoms with van der Waals surface area (Å²) < 4.78 is 42.1. The number of carboxylic acid groups (broad SMARTS) is 1. The molecule has 5 rings (SSSR count). The average molecular weight is 535 g/mol. The van der Waals surface area contributed by atoms with E-state index in [0.29, 0.717) is 29.7 Å². The summed E-state index contributed by atoms with van der Waals surface area (Å²) in [5, 5.41) is 9.75. The molecule has 1 spiro atoms. The van der Waals surface area contributed by atoms with E-state index in [1.165, 1.54) is 6.07 Å². The Bertz CT molecular complexity index is 1420. The standard InChI is InChI=1S/C33H36F2O4/c1-19-28(31(36)37)33(19)14-6-7-21-9-13-27(30(35)29(21)33)39-18-20-8-11-24(22(15-20)17-32(2,3)4)25-16-23(38-5)10-12-26(25)34/h8-13,15-16,19,28H,6-7,14,17-18H2,1-5H3,(H,36,37)/t19-,28?,33?/m0/s1. The lowest BCUT2D eigenvalue weighted by Gasteiger charge is -2.28. The lowest BCUT2D eigenvalue weighted by molar-refractivity contribution is -0.139. The molecule has 3 atom stereocenters. The first kappa shape index (κ1) is 27.2. The number of carboxylic acids is 1. The SMILES string of the molecule is COc1ccc(F)c(-c2ccc(COc3ccc4c(c3F)C3(CCC4)C(C(=O)O)[C@@H]3C)cc2CC(C)(C)C)c1. The molecule has 1 fully saturated rings. The minimum atomic E-state index is -0.861. The van der Waals surface area contributed by atoms with Crippen molar-refractivity contribution in [2.24, 2.45) is 17.3 Å². The number of rotatable bonds is 7. The topological polar surface area (TPSA) is 55.8 Å². The molecule has 1 saturated carbocycles. The Morgan fingerprint density at radius 2 is 1.85 bits per heavy atom. The van der Waals surface area contributed by atoms with Crippen LogP contribution in [-0.4, -0.2) is 18.2 Å². The number of hydrogen-bond acceptors (Lipinski definition) is 3. The van der Waals surface area contributed by atoms with E-state index in [1.54, 1.807) is 25.3 Å². The smallest absolute Gasteiger partial charge is 0.307 e. The molecule has 2 aliphatic rings. The highest BCUT2D eigenvalue weighted by Crippen LogP contribution is 2.65. The van der Waals surface area contributed by atoms with Gasteiger partial charge in [0, 0.05) is 16.5 Å². The number of aryl methyl sites for hydroxylation is 1. The Morgan fingerprint density at radius 3 is 2.51 bits per heavy atom. The van der Waals surface area contributed by atoms with Crippen molar-refractivity contribution in [1.82, 2.24) is 0 Å². The fourth-order valence-electron chi connectivity index (χ4n) is 6.66. The lowest BCUT2D eigenvalue weighted by Crippen LogP contribution is -2.24. The maximum atomic E-state index is 15.9. The molecular formula is C33H36F2O4. The first-order chi connectivity index (χ1) is 18.5. The quantitative estimate of drug-likeness (QED) is 0.337. The number of hydrogen-bond donors (Lipinski definition) is 1. The number of ether oxygens (including phenoxy) is 2. The molecule has 0 heterocycles. The molecule has 3 aromatic rings. The second-order valence-corrected chi connectivity index (χ2v) is 12.3. The van der Waals surface area contributed by atoms with Crippen LogP contribution < -0.4 is 9.47 Å². The molecular weight excluding hydrogens is 498 g/mol. The van der Waals surface area contributed by atoms with Gasteiger partial charge in [-0.15, -0.1) is 0 Å². The summed E-state index contributed by atoms with van der Waals surface area (Å²) >= 11 is 0. The van der Waals surface area contributed by atoms with Crippen LogP contribution in [0.5, 0.6) is 11.5 Å². The number of benzene rings is 3. The maximum absolute atomic E-state index is 15.9. The molecule has 2 unspecified atom stereocenters. The van der Waals surface area contributed by atoms with Crippen molar-refractivity contribution in [3.05, 3.63) is 82.4 Å². The first-order valence-corrected chi connectivity index (χ1v) is 13.6. The van der Waals surface area contributed by atoms with Crippen LogP contribution in [0.3, 0.4) is 0 Å². The van der Waals surface area contributed by atoms with Gasteiger partial charge in [0.25, 0.3) is 0 Å². The third-order valence-corrected chi connectivity index (χ3v) is 8.47. The predicted octanol–water partition coefficient (Wildman–Crippen LogP) is 7.73. The van der Waals surface area contributed by atoms with Crippen molar-refractivity contribution in [2.45, 2.75) is 65.4 Å². The number of carbonyl (C=O) groups is 1. The van der Waals surface area contributed by atoms with E-state index in [2.05, 4.69) is 20.8 Å². The largest absolute Gasteiger partial charge is 0.497 e.